The maximum absolute atomic E-state index is 9.34. The Balaban J connectivity index is 2.02. The van der Waals surface area contributed by atoms with Gasteiger partial charge in [0, 0.05) is 17.0 Å². The molecule has 1 aromatic heterocycles. The predicted octanol–water partition coefficient (Wildman–Crippen LogP) is 0.976. The predicted molar refractivity (Wildman–Crippen MR) is 55.8 cm³/mol. The Morgan fingerprint density at radius 1 is 1.40 bits per heavy atom. The van der Waals surface area contributed by atoms with E-state index in [1.807, 2.05) is 6.07 Å². The van der Waals surface area contributed by atoms with Crippen molar-refractivity contribution in [3.63, 3.8) is 0 Å². The van der Waals surface area contributed by atoms with Crippen LogP contribution in [0.2, 0.25) is 5.15 Å². The number of halogens is 1. The van der Waals surface area contributed by atoms with E-state index in [4.69, 9.17) is 11.6 Å². The van der Waals surface area contributed by atoms with Gasteiger partial charge in [-0.05, 0) is 24.0 Å². The summed E-state index contributed by atoms with van der Waals surface area (Å²) in [7, 11) is 0. The normalized spacial score (nSPS) is 29.8. The van der Waals surface area contributed by atoms with Gasteiger partial charge in [-0.2, -0.15) is 0 Å². The van der Waals surface area contributed by atoms with Crippen LogP contribution in [0.1, 0.15) is 17.2 Å². The molecule has 0 amide bonds. The molecule has 1 fully saturated rings. The molecule has 4 heteroatoms. The molecule has 0 bridgehead atoms. The van der Waals surface area contributed by atoms with E-state index >= 15 is 0 Å². The number of aromatic nitrogens is 1. The summed E-state index contributed by atoms with van der Waals surface area (Å²) in [5, 5.41) is 19.2. The first kappa shape index (κ1) is 9.58. The van der Waals surface area contributed by atoms with Gasteiger partial charge in [0.05, 0.1) is 13.2 Å². The maximum Gasteiger partial charge on any atom is 0.129 e. The van der Waals surface area contributed by atoms with E-state index in [0.717, 1.165) is 12.1 Å². The zero-order valence-corrected chi connectivity index (χ0v) is 8.91. The van der Waals surface area contributed by atoms with Crippen LogP contribution in [0.15, 0.2) is 12.1 Å². The van der Waals surface area contributed by atoms with Gasteiger partial charge < -0.3 is 10.2 Å². The average Bonchev–Trinajstić information content (AvgIpc) is 2.73. The summed E-state index contributed by atoms with van der Waals surface area (Å²) < 4.78 is 0. The molecule has 0 aliphatic heterocycles. The third kappa shape index (κ3) is 1.06. The molecule has 2 atom stereocenters. The van der Waals surface area contributed by atoms with Gasteiger partial charge in [-0.3, -0.25) is 0 Å². The second-order valence-corrected chi connectivity index (χ2v) is 4.90. The highest BCUT2D eigenvalue weighted by molar-refractivity contribution is 6.29. The minimum Gasteiger partial charge on any atom is -0.396 e. The summed E-state index contributed by atoms with van der Waals surface area (Å²) in [6.07, 6.45) is 0.908. The standard InChI is InChI=1S/C11H12ClNO2/c12-8-2-1-6-3-7-9(10(6)13-8)11(7,4-14)5-15/h1-2,7,9,14-15H,3-5H2/t7-,9-/m0/s1. The van der Waals surface area contributed by atoms with Crippen LogP contribution in [0.25, 0.3) is 0 Å². The molecule has 0 saturated heterocycles. The van der Waals surface area contributed by atoms with Crippen molar-refractivity contribution in [2.45, 2.75) is 12.3 Å². The van der Waals surface area contributed by atoms with Gasteiger partial charge >= 0.3 is 0 Å². The smallest absolute Gasteiger partial charge is 0.129 e. The van der Waals surface area contributed by atoms with Crippen LogP contribution in [-0.4, -0.2) is 28.4 Å². The van der Waals surface area contributed by atoms with E-state index < -0.39 is 0 Å². The summed E-state index contributed by atoms with van der Waals surface area (Å²) in [5.74, 6) is 0.565. The van der Waals surface area contributed by atoms with Gasteiger partial charge in [0.25, 0.3) is 0 Å². The van der Waals surface area contributed by atoms with E-state index in [1.54, 1.807) is 6.07 Å². The Hall–Kier alpha value is -0.640. The van der Waals surface area contributed by atoms with E-state index in [2.05, 4.69) is 4.98 Å². The van der Waals surface area contributed by atoms with E-state index in [-0.39, 0.29) is 24.5 Å². The Kier molecular flexibility index (Phi) is 1.88. The highest BCUT2D eigenvalue weighted by Gasteiger charge is 2.68. The van der Waals surface area contributed by atoms with Crippen molar-refractivity contribution in [2.24, 2.45) is 11.3 Å². The number of rotatable bonds is 2. The largest absolute Gasteiger partial charge is 0.396 e. The number of nitrogens with zero attached hydrogens (tertiary/aromatic N) is 1. The number of aliphatic hydroxyl groups excluding tert-OH is 2. The molecule has 15 heavy (non-hydrogen) atoms. The van der Waals surface area contributed by atoms with Gasteiger partial charge in [-0.1, -0.05) is 17.7 Å². The summed E-state index contributed by atoms with van der Waals surface area (Å²) in [4.78, 5) is 4.31. The van der Waals surface area contributed by atoms with Gasteiger partial charge in [0.15, 0.2) is 0 Å². The van der Waals surface area contributed by atoms with Crippen LogP contribution in [0.3, 0.4) is 0 Å². The van der Waals surface area contributed by atoms with Crippen molar-refractivity contribution in [1.82, 2.24) is 4.98 Å². The summed E-state index contributed by atoms with van der Waals surface area (Å²) >= 11 is 5.85. The third-order valence-electron chi connectivity index (χ3n) is 3.95. The van der Waals surface area contributed by atoms with E-state index in [0.29, 0.717) is 11.1 Å². The second kappa shape index (κ2) is 2.94. The molecule has 3 nitrogen and oxygen atoms in total. The van der Waals surface area contributed by atoms with Crippen LogP contribution in [0, 0.1) is 11.3 Å². The van der Waals surface area contributed by atoms with Crippen LogP contribution < -0.4 is 0 Å². The zero-order chi connectivity index (χ0) is 10.6. The quantitative estimate of drug-likeness (QED) is 0.738. The Bertz CT molecular complexity index is 417. The highest BCUT2D eigenvalue weighted by atomic mass is 35.5. The minimum atomic E-state index is -0.329. The molecule has 1 saturated carbocycles. The lowest BCUT2D eigenvalue weighted by Gasteiger charge is -2.15. The summed E-state index contributed by atoms with van der Waals surface area (Å²) in [6.45, 7) is 0.0684. The number of hydrogen-bond acceptors (Lipinski definition) is 3. The van der Waals surface area contributed by atoms with Crippen LogP contribution in [-0.2, 0) is 6.42 Å². The molecule has 1 aromatic rings. The molecule has 2 aliphatic rings. The van der Waals surface area contributed by atoms with E-state index in [9.17, 15) is 10.2 Å². The van der Waals surface area contributed by atoms with Crippen LogP contribution >= 0.6 is 11.6 Å². The SMILES string of the molecule is OCC1(CO)[C@@H]2c3nc(Cl)ccc3C[C@@H]21. The molecular formula is C11H12ClNO2. The Morgan fingerprint density at radius 2 is 2.13 bits per heavy atom. The fourth-order valence-electron chi connectivity index (χ4n) is 3.00. The lowest BCUT2D eigenvalue weighted by Crippen LogP contribution is -2.20. The number of fused-ring (bicyclic) bond motifs is 3. The first-order valence-corrected chi connectivity index (χ1v) is 5.48. The molecule has 3 rings (SSSR count). The molecule has 0 unspecified atom stereocenters. The number of aliphatic hydroxyl groups is 2. The minimum absolute atomic E-state index is 0.0342. The monoisotopic (exact) mass is 225 g/mol. The molecular weight excluding hydrogens is 214 g/mol. The molecule has 80 valence electrons. The maximum atomic E-state index is 9.34. The van der Waals surface area contributed by atoms with Crippen molar-refractivity contribution in [1.29, 1.82) is 0 Å². The first-order valence-electron chi connectivity index (χ1n) is 5.10. The van der Waals surface area contributed by atoms with Gasteiger partial charge in [-0.25, -0.2) is 4.98 Å². The molecule has 0 aromatic carbocycles. The van der Waals surface area contributed by atoms with Crippen molar-refractivity contribution < 1.29 is 10.2 Å². The summed E-state index contributed by atoms with van der Waals surface area (Å²) in [5.41, 5.74) is 1.87. The fourth-order valence-corrected chi connectivity index (χ4v) is 3.15. The molecule has 2 N–H and O–H groups in total. The highest BCUT2D eigenvalue weighted by Crippen LogP contribution is 2.69. The lowest BCUT2D eigenvalue weighted by molar-refractivity contribution is 0.116. The van der Waals surface area contributed by atoms with Crippen molar-refractivity contribution in [3.8, 4) is 0 Å². The topological polar surface area (TPSA) is 53.4 Å². The van der Waals surface area contributed by atoms with Crippen LogP contribution in [0.5, 0.6) is 0 Å². The van der Waals surface area contributed by atoms with Gasteiger partial charge in [0.2, 0.25) is 0 Å². The van der Waals surface area contributed by atoms with Gasteiger partial charge in [-0.15, -0.1) is 0 Å². The van der Waals surface area contributed by atoms with Crippen molar-refractivity contribution in [2.75, 3.05) is 13.2 Å². The zero-order valence-electron chi connectivity index (χ0n) is 8.15. The van der Waals surface area contributed by atoms with Crippen LogP contribution in [0.4, 0.5) is 0 Å². The lowest BCUT2D eigenvalue weighted by atomic mass is 9.96. The third-order valence-corrected chi connectivity index (χ3v) is 4.16. The van der Waals surface area contributed by atoms with Gasteiger partial charge in [0.1, 0.15) is 5.15 Å². The summed E-state index contributed by atoms with van der Waals surface area (Å²) in [6, 6.07) is 3.79. The second-order valence-electron chi connectivity index (χ2n) is 4.52. The van der Waals surface area contributed by atoms with E-state index in [1.165, 1.54) is 5.56 Å². The Labute approximate surface area is 92.7 Å². The fraction of sp³-hybridized carbons (Fsp3) is 0.545. The molecule has 0 spiro atoms. The molecule has 1 heterocycles. The first-order chi connectivity index (χ1) is 7.23. The molecule has 2 aliphatic carbocycles. The molecule has 0 radical (unpaired) electrons. The number of hydrogen-bond donors (Lipinski definition) is 2. The Morgan fingerprint density at radius 3 is 2.80 bits per heavy atom. The van der Waals surface area contributed by atoms with Crippen molar-refractivity contribution in [3.05, 3.63) is 28.5 Å². The average molecular weight is 226 g/mol. The van der Waals surface area contributed by atoms with Crippen molar-refractivity contribution >= 4 is 11.6 Å². The number of pyridine rings is 1.